The van der Waals surface area contributed by atoms with Gasteiger partial charge in [0.2, 0.25) is 17.6 Å². The Labute approximate surface area is 187 Å². The maximum atomic E-state index is 12.8. The van der Waals surface area contributed by atoms with Crippen LogP contribution in [0.1, 0.15) is 31.2 Å². The molecule has 0 spiro atoms. The number of aromatic nitrogens is 2. The van der Waals surface area contributed by atoms with Gasteiger partial charge < -0.3 is 9.84 Å². The van der Waals surface area contributed by atoms with Crippen LogP contribution in [-0.2, 0) is 11.3 Å². The molecule has 1 N–H and O–H groups in total. The van der Waals surface area contributed by atoms with E-state index in [9.17, 15) is 4.79 Å². The molecule has 2 heterocycles. The largest absolute Gasteiger partial charge is 0.338 e. The van der Waals surface area contributed by atoms with Crippen molar-refractivity contribution in [1.29, 1.82) is 0 Å². The maximum Gasteiger partial charge on any atom is 0.241 e. The molecule has 0 saturated carbocycles. The van der Waals surface area contributed by atoms with Crippen molar-refractivity contribution in [2.45, 2.75) is 38.1 Å². The predicted molar refractivity (Wildman–Crippen MR) is 124 cm³/mol. The van der Waals surface area contributed by atoms with Crippen molar-refractivity contribution in [2.24, 2.45) is 5.92 Å². The minimum atomic E-state index is 0.0288. The van der Waals surface area contributed by atoms with Crippen LogP contribution in [0.15, 0.2) is 57.9 Å². The summed E-state index contributed by atoms with van der Waals surface area (Å²) in [6.07, 6.45) is 1.65. The average Bonchev–Trinajstić information content (AvgIpc) is 3.24. The van der Waals surface area contributed by atoms with E-state index in [0.29, 0.717) is 18.3 Å². The van der Waals surface area contributed by atoms with Gasteiger partial charge in [0, 0.05) is 16.4 Å². The number of piperidine rings is 1. The van der Waals surface area contributed by atoms with Crippen LogP contribution in [0.4, 0.5) is 5.69 Å². The van der Waals surface area contributed by atoms with Gasteiger partial charge in [-0.25, -0.2) is 0 Å². The molecule has 1 amide bonds. The van der Waals surface area contributed by atoms with Crippen LogP contribution in [0.2, 0.25) is 0 Å². The SMILES string of the molecule is CCSc1ccccc1NC(=O)C1CCN(Cc2nc(-c3ccccc3C)no2)CC1. The van der Waals surface area contributed by atoms with Crippen molar-refractivity contribution in [2.75, 3.05) is 24.2 Å². The van der Waals surface area contributed by atoms with Gasteiger partial charge >= 0.3 is 0 Å². The van der Waals surface area contributed by atoms with E-state index in [2.05, 4.69) is 33.3 Å². The Morgan fingerprint density at radius 3 is 2.68 bits per heavy atom. The molecule has 1 fully saturated rings. The van der Waals surface area contributed by atoms with E-state index in [1.807, 2.05) is 49.4 Å². The van der Waals surface area contributed by atoms with Gasteiger partial charge in [0.05, 0.1) is 12.2 Å². The second-order valence-electron chi connectivity index (χ2n) is 7.80. The lowest BCUT2D eigenvalue weighted by molar-refractivity contribution is -0.121. The van der Waals surface area contributed by atoms with Gasteiger partial charge in [-0.05, 0) is 56.3 Å². The number of hydrogen-bond acceptors (Lipinski definition) is 6. The molecule has 2 aromatic carbocycles. The standard InChI is InChI=1S/C24H28N4O2S/c1-3-31-21-11-7-6-10-20(21)25-24(29)18-12-14-28(15-13-18)16-22-26-23(27-30-22)19-9-5-4-8-17(19)2/h4-11,18H,3,12-16H2,1-2H3,(H,25,29). The third-order valence-electron chi connectivity index (χ3n) is 5.62. The highest BCUT2D eigenvalue weighted by atomic mass is 32.2. The van der Waals surface area contributed by atoms with Crippen molar-refractivity contribution in [3.05, 3.63) is 60.0 Å². The lowest BCUT2D eigenvalue weighted by atomic mass is 9.96. The summed E-state index contributed by atoms with van der Waals surface area (Å²) in [6.45, 7) is 6.45. The molecular formula is C24H28N4O2S. The van der Waals surface area contributed by atoms with Gasteiger partial charge in [0.1, 0.15) is 0 Å². The van der Waals surface area contributed by atoms with E-state index in [1.165, 1.54) is 0 Å². The van der Waals surface area contributed by atoms with Gasteiger partial charge in [0.15, 0.2) is 0 Å². The van der Waals surface area contributed by atoms with Gasteiger partial charge in [-0.3, -0.25) is 9.69 Å². The summed E-state index contributed by atoms with van der Waals surface area (Å²) in [4.78, 5) is 20.8. The average molecular weight is 437 g/mol. The Morgan fingerprint density at radius 1 is 1.16 bits per heavy atom. The Bertz CT molecular complexity index is 1030. The first kappa shape index (κ1) is 21.6. The highest BCUT2D eigenvalue weighted by molar-refractivity contribution is 7.99. The molecule has 0 radical (unpaired) electrons. The van der Waals surface area contributed by atoms with E-state index in [0.717, 1.165) is 53.4 Å². The Balaban J connectivity index is 1.30. The van der Waals surface area contributed by atoms with Crippen molar-refractivity contribution >= 4 is 23.4 Å². The summed E-state index contributed by atoms with van der Waals surface area (Å²) in [7, 11) is 0. The molecule has 3 aromatic rings. The number of benzene rings is 2. The van der Waals surface area contributed by atoms with Gasteiger partial charge in [-0.2, -0.15) is 4.98 Å². The molecule has 0 bridgehead atoms. The Hall–Kier alpha value is -2.64. The summed E-state index contributed by atoms with van der Waals surface area (Å²) < 4.78 is 5.48. The molecule has 4 rings (SSSR count). The lowest BCUT2D eigenvalue weighted by Gasteiger charge is -2.30. The van der Waals surface area contributed by atoms with Crippen molar-refractivity contribution in [1.82, 2.24) is 15.0 Å². The summed E-state index contributed by atoms with van der Waals surface area (Å²) in [5.41, 5.74) is 3.03. The van der Waals surface area contributed by atoms with Crippen molar-refractivity contribution < 1.29 is 9.32 Å². The second kappa shape index (κ2) is 10.1. The van der Waals surface area contributed by atoms with Crippen LogP contribution in [0, 0.1) is 12.8 Å². The third-order valence-corrected chi connectivity index (χ3v) is 6.57. The van der Waals surface area contributed by atoms with Crippen molar-refractivity contribution in [3.8, 4) is 11.4 Å². The molecule has 1 aliphatic heterocycles. The monoisotopic (exact) mass is 436 g/mol. The number of nitrogens with zero attached hydrogens (tertiary/aromatic N) is 3. The molecular weight excluding hydrogens is 408 g/mol. The normalized spacial score (nSPS) is 15.2. The quantitative estimate of drug-likeness (QED) is 0.525. The summed E-state index contributed by atoms with van der Waals surface area (Å²) >= 11 is 1.75. The summed E-state index contributed by atoms with van der Waals surface area (Å²) in [5, 5.41) is 7.28. The zero-order chi connectivity index (χ0) is 21.6. The van der Waals surface area contributed by atoms with Crippen molar-refractivity contribution in [3.63, 3.8) is 0 Å². The number of carbonyl (C=O) groups excluding carboxylic acids is 1. The zero-order valence-electron chi connectivity index (χ0n) is 18.0. The number of hydrogen-bond donors (Lipinski definition) is 1. The van der Waals surface area contributed by atoms with Crippen LogP contribution >= 0.6 is 11.8 Å². The molecule has 0 unspecified atom stereocenters. The fraction of sp³-hybridized carbons (Fsp3) is 0.375. The molecule has 0 atom stereocenters. The second-order valence-corrected chi connectivity index (χ2v) is 9.10. The van der Waals surface area contributed by atoms with E-state index in [-0.39, 0.29) is 11.8 Å². The van der Waals surface area contributed by atoms with E-state index in [4.69, 9.17) is 4.52 Å². The molecule has 31 heavy (non-hydrogen) atoms. The fourth-order valence-electron chi connectivity index (χ4n) is 3.88. The van der Waals surface area contributed by atoms with Crippen LogP contribution in [0.3, 0.4) is 0 Å². The number of likely N-dealkylation sites (tertiary alicyclic amines) is 1. The first-order valence-corrected chi connectivity index (χ1v) is 11.8. The highest BCUT2D eigenvalue weighted by Gasteiger charge is 2.26. The molecule has 1 saturated heterocycles. The minimum absolute atomic E-state index is 0.0288. The molecule has 6 nitrogen and oxygen atoms in total. The number of thioether (sulfide) groups is 1. The van der Waals surface area contributed by atoms with Gasteiger partial charge in [-0.15, -0.1) is 11.8 Å². The molecule has 7 heteroatoms. The van der Waals surface area contributed by atoms with Gasteiger partial charge in [0.25, 0.3) is 0 Å². The Morgan fingerprint density at radius 2 is 1.90 bits per heavy atom. The number of rotatable bonds is 7. The maximum absolute atomic E-state index is 12.8. The number of nitrogens with one attached hydrogen (secondary N) is 1. The smallest absolute Gasteiger partial charge is 0.241 e. The van der Waals surface area contributed by atoms with Gasteiger partial charge in [-0.1, -0.05) is 48.5 Å². The zero-order valence-corrected chi connectivity index (χ0v) is 18.8. The first-order chi connectivity index (χ1) is 15.1. The third kappa shape index (κ3) is 5.35. The van der Waals surface area contributed by atoms with E-state index >= 15 is 0 Å². The minimum Gasteiger partial charge on any atom is -0.338 e. The summed E-state index contributed by atoms with van der Waals surface area (Å²) in [5.74, 6) is 2.37. The highest BCUT2D eigenvalue weighted by Crippen LogP contribution is 2.28. The number of para-hydroxylation sites is 1. The van der Waals surface area contributed by atoms with Crippen LogP contribution < -0.4 is 5.32 Å². The number of carbonyl (C=O) groups is 1. The molecule has 1 aromatic heterocycles. The summed E-state index contributed by atoms with van der Waals surface area (Å²) in [6, 6.07) is 16.0. The number of aryl methyl sites for hydroxylation is 1. The molecule has 1 aliphatic rings. The molecule has 0 aliphatic carbocycles. The number of amides is 1. The molecule has 162 valence electrons. The first-order valence-electron chi connectivity index (χ1n) is 10.8. The predicted octanol–water partition coefficient (Wildman–Crippen LogP) is 5.01. The Kier molecular flexibility index (Phi) is 7.04. The van der Waals surface area contributed by atoms with E-state index < -0.39 is 0 Å². The topological polar surface area (TPSA) is 71.3 Å². The van der Waals surface area contributed by atoms with Crippen LogP contribution in [0.5, 0.6) is 0 Å². The fourth-order valence-corrected chi connectivity index (χ4v) is 4.64. The van der Waals surface area contributed by atoms with E-state index in [1.54, 1.807) is 11.8 Å². The van der Waals surface area contributed by atoms with Crippen LogP contribution in [-0.4, -0.2) is 39.8 Å². The van der Waals surface area contributed by atoms with Crippen LogP contribution in [0.25, 0.3) is 11.4 Å². The number of anilines is 1. The lowest BCUT2D eigenvalue weighted by Crippen LogP contribution is -2.37.